The van der Waals surface area contributed by atoms with E-state index in [1.54, 1.807) is 5.56 Å². The van der Waals surface area contributed by atoms with Gasteiger partial charge in [-0.25, -0.2) is 0 Å². The predicted octanol–water partition coefficient (Wildman–Crippen LogP) is 2.78. The molecule has 0 unspecified atom stereocenters. The molecule has 0 amide bonds. The van der Waals surface area contributed by atoms with Crippen molar-refractivity contribution >= 4 is 0 Å². The van der Waals surface area contributed by atoms with Crippen molar-refractivity contribution in [3.63, 3.8) is 0 Å². The Morgan fingerprint density at radius 1 is 1.33 bits per heavy atom. The number of benzene rings is 1. The molecule has 1 aromatic rings. The molecule has 2 aliphatic rings. The smallest absolute Gasteiger partial charge is 0.00786 e. The van der Waals surface area contributed by atoms with Crippen LogP contribution in [0.1, 0.15) is 36.8 Å². The summed E-state index contributed by atoms with van der Waals surface area (Å²) in [6, 6.07) is 9.89. The average Bonchev–Trinajstić information content (AvgIpc) is 3.12. The van der Waals surface area contributed by atoms with Gasteiger partial charge >= 0.3 is 0 Å². The van der Waals surface area contributed by atoms with Crippen LogP contribution in [0.15, 0.2) is 24.3 Å². The van der Waals surface area contributed by atoms with Crippen molar-refractivity contribution in [1.29, 1.82) is 0 Å². The quantitative estimate of drug-likeness (QED) is 0.790. The summed E-state index contributed by atoms with van der Waals surface area (Å²) in [5.74, 6) is 0. The molecule has 0 bridgehead atoms. The van der Waals surface area contributed by atoms with Crippen LogP contribution in [0.4, 0.5) is 0 Å². The minimum Gasteiger partial charge on any atom is -0.313 e. The van der Waals surface area contributed by atoms with Gasteiger partial charge in [-0.2, -0.15) is 0 Å². The summed E-state index contributed by atoms with van der Waals surface area (Å²) in [5.41, 5.74) is 3.44. The summed E-state index contributed by atoms with van der Waals surface area (Å²) in [5, 5.41) is 3.68. The van der Waals surface area contributed by atoms with Crippen molar-refractivity contribution in [2.45, 2.75) is 44.1 Å². The Bertz CT molecular complexity index is 361. The van der Waals surface area contributed by atoms with Crippen LogP contribution in [-0.4, -0.2) is 12.6 Å². The minimum atomic E-state index is 0.495. The van der Waals surface area contributed by atoms with Crippen molar-refractivity contribution in [2.24, 2.45) is 0 Å². The zero-order chi connectivity index (χ0) is 10.3. The summed E-state index contributed by atoms with van der Waals surface area (Å²) in [7, 11) is 0. The van der Waals surface area contributed by atoms with Crippen molar-refractivity contribution in [3.8, 4) is 0 Å². The fraction of sp³-hybridized carbons (Fsp3) is 0.571. The van der Waals surface area contributed by atoms with Gasteiger partial charge in [-0.3, -0.25) is 0 Å². The lowest BCUT2D eigenvalue weighted by Gasteiger charge is -2.17. The molecule has 1 N–H and O–H groups in total. The van der Waals surface area contributed by atoms with Gasteiger partial charge in [0, 0.05) is 18.0 Å². The molecule has 1 heteroatoms. The van der Waals surface area contributed by atoms with Crippen LogP contribution in [-0.2, 0) is 5.41 Å². The fourth-order valence-electron chi connectivity index (χ4n) is 2.32. The number of rotatable bonds is 4. The SMILES string of the molecule is Cc1cccc(C2(CNC3CC3)CC2)c1. The molecule has 0 aromatic heterocycles. The second kappa shape index (κ2) is 3.34. The summed E-state index contributed by atoms with van der Waals surface area (Å²) < 4.78 is 0. The van der Waals surface area contributed by atoms with Crippen LogP contribution < -0.4 is 5.32 Å². The van der Waals surface area contributed by atoms with Crippen LogP contribution in [0.3, 0.4) is 0 Å². The second-order valence-corrected chi connectivity index (χ2v) is 5.30. The standard InChI is InChI=1S/C14H19N/c1-11-3-2-4-12(9-11)14(7-8-14)10-15-13-5-6-13/h2-4,9,13,15H,5-8,10H2,1H3. The van der Waals surface area contributed by atoms with Crippen LogP contribution in [0, 0.1) is 6.92 Å². The molecule has 0 heterocycles. The molecular formula is C14H19N. The Hall–Kier alpha value is -0.820. The Balaban J connectivity index is 1.73. The van der Waals surface area contributed by atoms with E-state index in [1.807, 2.05) is 0 Å². The molecule has 3 rings (SSSR count). The average molecular weight is 201 g/mol. The molecule has 15 heavy (non-hydrogen) atoms. The van der Waals surface area contributed by atoms with E-state index < -0.39 is 0 Å². The van der Waals surface area contributed by atoms with Gasteiger partial charge in [-0.1, -0.05) is 29.8 Å². The van der Waals surface area contributed by atoms with E-state index in [2.05, 4.69) is 36.5 Å². The van der Waals surface area contributed by atoms with Crippen molar-refractivity contribution in [2.75, 3.05) is 6.54 Å². The maximum atomic E-state index is 3.68. The molecule has 0 atom stereocenters. The van der Waals surface area contributed by atoms with Crippen molar-refractivity contribution in [3.05, 3.63) is 35.4 Å². The van der Waals surface area contributed by atoms with Gasteiger partial charge in [0.15, 0.2) is 0 Å². The molecule has 0 spiro atoms. The third-order valence-corrected chi connectivity index (χ3v) is 3.79. The van der Waals surface area contributed by atoms with Crippen LogP contribution in [0.25, 0.3) is 0 Å². The van der Waals surface area contributed by atoms with Gasteiger partial charge in [-0.05, 0) is 38.2 Å². The van der Waals surface area contributed by atoms with E-state index in [-0.39, 0.29) is 0 Å². The molecule has 80 valence electrons. The normalized spacial score (nSPS) is 22.7. The highest BCUT2D eigenvalue weighted by Gasteiger charge is 2.44. The number of hydrogen-bond acceptors (Lipinski definition) is 1. The van der Waals surface area contributed by atoms with Gasteiger partial charge in [0.05, 0.1) is 0 Å². The lowest BCUT2D eigenvalue weighted by molar-refractivity contribution is 0.571. The van der Waals surface area contributed by atoms with E-state index in [0.717, 1.165) is 6.04 Å². The highest BCUT2D eigenvalue weighted by Crippen LogP contribution is 2.48. The van der Waals surface area contributed by atoms with Gasteiger partial charge in [0.25, 0.3) is 0 Å². The lowest BCUT2D eigenvalue weighted by atomic mass is 9.94. The number of aryl methyl sites for hydroxylation is 1. The Labute approximate surface area is 91.9 Å². The summed E-state index contributed by atoms with van der Waals surface area (Å²) in [6.45, 7) is 3.38. The van der Waals surface area contributed by atoms with Gasteiger partial charge in [0.2, 0.25) is 0 Å². The van der Waals surface area contributed by atoms with Gasteiger partial charge in [-0.15, -0.1) is 0 Å². The van der Waals surface area contributed by atoms with E-state index in [9.17, 15) is 0 Å². The molecule has 0 aliphatic heterocycles. The molecule has 0 saturated heterocycles. The van der Waals surface area contributed by atoms with E-state index in [4.69, 9.17) is 0 Å². The third-order valence-electron chi connectivity index (χ3n) is 3.79. The maximum Gasteiger partial charge on any atom is 0.00786 e. The Morgan fingerprint density at radius 2 is 2.13 bits per heavy atom. The Kier molecular flexibility index (Phi) is 2.10. The highest BCUT2D eigenvalue weighted by molar-refractivity contribution is 5.34. The number of hydrogen-bond donors (Lipinski definition) is 1. The van der Waals surface area contributed by atoms with Gasteiger partial charge in [0.1, 0.15) is 0 Å². The molecule has 1 aromatic carbocycles. The fourth-order valence-corrected chi connectivity index (χ4v) is 2.32. The molecule has 2 fully saturated rings. The molecule has 2 aliphatic carbocycles. The zero-order valence-corrected chi connectivity index (χ0v) is 9.42. The first-order chi connectivity index (χ1) is 7.28. The third kappa shape index (κ3) is 1.93. The van der Waals surface area contributed by atoms with E-state index in [1.165, 1.54) is 37.8 Å². The predicted molar refractivity (Wildman–Crippen MR) is 63.1 cm³/mol. The summed E-state index contributed by atoms with van der Waals surface area (Å²) in [6.07, 6.45) is 5.53. The van der Waals surface area contributed by atoms with Crippen molar-refractivity contribution < 1.29 is 0 Å². The van der Waals surface area contributed by atoms with Crippen LogP contribution >= 0.6 is 0 Å². The second-order valence-electron chi connectivity index (χ2n) is 5.30. The first kappa shape index (κ1) is 9.41. The topological polar surface area (TPSA) is 12.0 Å². The summed E-state index contributed by atoms with van der Waals surface area (Å²) >= 11 is 0. The van der Waals surface area contributed by atoms with Crippen LogP contribution in [0.5, 0.6) is 0 Å². The first-order valence-electron chi connectivity index (χ1n) is 6.09. The first-order valence-corrected chi connectivity index (χ1v) is 6.09. The largest absolute Gasteiger partial charge is 0.313 e. The molecular weight excluding hydrogens is 182 g/mol. The summed E-state index contributed by atoms with van der Waals surface area (Å²) in [4.78, 5) is 0. The molecule has 1 nitrogen and oxygen atoms in total. The molecule has 2 saturated carbocycles. The number of nitrogens with one attached hydrogen (secondary N) is 1. The van der Waals surface area contributed by atoms with E-state index in [0.29, 0.717) is 5.41 Å². The lowest BCUT2D eigenvalue weighted by Crippen LogP contribution is -2.28. The zero-order valence-electron chi connectivity index (χ0n) is 9.42. The monoisotopic (exact) mass is 201 g/mol. The Morgan fingerprint density at radius 3 is 2.73 bits per heavy atom. The van der Waals surface area contributed by atoms with E-state index >= 15 is 0 Å². The molecule has 0 radical (unpaired) electrons. The minimum absolute atomic E-state index is 0.495. The van der Waals surface area contributed by atoms with Crippen LogP contribution in [0.2, 0.25) is 0 Å². The maximum absolute atomic E-state index is 3.68. The highest BCUT2D eigenvalue weighted by atomic mass is 15.0. The van der Waals surface area contributed by atoms with Crippen molar-refractivity contribution in [1.82, 2.24) is 5.32 Å². The van der Waals surface area contributed by atoms with Gasteiger partial charge < -0.3 is 5.32 Å².